The van der Waals surface area contributed by atoms with Crippen LogP contribution < -0.4 is 10.1 Å². The molecule has 0 spiro atoms. The van der Waals surface area contributed by atoms with E-state index < -0.39 is 0 Å². The summed E-state index contributed by atoms with van der Waals surface area (Å²) in [7, 11) is 1.58. The Labute approximate surface area is 111 Å². The highest BCUT2D eigenvalue weighted by atomic mass is 19.1. The Hall–Kier alpha value is -1.81. The summed E-state index contributed by atoms with van der Waals surface area (Å²) < 4.78 is 24.2. The Bertz CT molecular complexity index is 575. The first-order chi connectivity index (χ1) is 9.28. The maximum absolute atomic E-state index is 13.4. The molecule has 1 heterocycles. The van der Waals surface area contributed by atoms with Gasteiger partial charge in [0.1, 0.15) is 17.3 Å². The van der Waals surface area contributed by atoms with Crippen molar-refractivity contribution in [3.8, 4) is 16.9 Å². The van der Waals surface area contributed by atoms with Crippen LogP contribution in [0.1, 0.15) is 18.6 Å². The van der Waals surface area contributed by atoms with E-state index in [2.05, 4.69) is 5.32 Å². The van der Waals surface area contributed by atoms with Gasteiger partial charge in [-0.2, -0.15) is 0 Å². The number of rotatable bonds is 5. The molecule has 19 heavy (non-hydrogen) atoms. The minimum atomic E-state index is -0.280. The van der Waals surface area contributed by atoms with Crippen molar-refractivity contribution in [2.45, 2.75) is 25.4 Å². The zero-order valence-corrected chi connectivity index (χ0v) is 10.8. The molecule has 3 rings (SSSR count). The average Bonchev–Trinajstić information content (AvgIpc) is 3.13. The standard InChI is InChI=1S/C15H16FNO2/c1-18-14-5-2-10(16)8-13(14)12-6-7-19-15(12)9-17-11-3-4-11/h2,5-8,11,17H,3-4,9H2,1H3. The van der Waals surface area contributed by atoms with Crippen molar-refractivity contribution in [2.75, 3.05) is 7.11 Å². The predicted molar refractivity (Wildman–Crippen MR) is 70.5 cm³/mol. The molecule has 1 N–H and O–H groups in total. The highest BCUT2D eigenvalue weighted by Gasteiger charge is 2.22. The number of methoxy groups -OCH3 is 1. The molecule has 0 radical (unpaired) electrons. The fourth-order valence-electron chi connectivity index (χ4n) is 2.13. The van der Waals surface area contributed by atoms with Crippen molar-refractivity contribution in [3.63, 3.8) is 0 Å². The summed E-state index contributed by atoms with van der Waals surface area (Å²) in [5.74, 6) is 1.18. The molecule has 1 aliphatic carbocycles. The van der Waals surface area contributed by atoms with Crippen LogP contribution in [0.15, 0.2) is 34.9 Å². The number of benzene rings is 1. The van der Waals surface area contributed by atoms with Crippen molar-refractivity contribution in [3.05, 3.63) is 42.1 Å². The minimum Gasteiger partial charge on any atom is -0.496 e. The van der Waals surface area contributed by atoms with E-state index >= 15 is 0 Å². The van der Waals surface area contributed by atoms with E-state index in [1.165, 1.54) is 25.0 Å². The summed E-state index contributed by atoms with van der Waals surface area (Å²) in [4.78, 5) is 0. The van der Waals surface area contributed by atoms with Crippen LogP contribution in [-0.4, -0.2) is 13.2 Å². The van der Waals surface area contributed by atoms with Gasteiger partial charge in [-0.3, -0.25) is 0 Å². The fraction of sp³-hybridized carbons (Fsp3) is 0.333. The zero-order valence-electron chi connectivity index (χ0n) is 10.8. The van der Waals surface area contributed by atoms with Crippen molar-refractivity contribution in [1.29, 1.82) is 0 Å². The lowest BCUT2D eigenvalue weighted by Crippen LogP contribution is -2.15. The van der Waals surface area contributed by atoms with Crippen LogP contribution in [0.5, 0.6) is 5.75 Å². The first-order valence-electron chi connectivity index (χ1n) is 6.41. The molecular formula is C15H16FNO2. The summed E-state index contributed by atoms with van der Waals surface area (Å²) in [6.07, 6.45) is 4.07. The number of nitrogens with one attached hydrogen (secondary N) is 1. The van der Waals surface area contributed by atoms with Crippen LogP contribution in [0.2, 0.25) is 0 Å². The van der Waals surface area contributed by atoms with Gasteiger partial charge in [-0.25, -0.2) is 4.39 Å². The quantitative estimate of drug-likeness (QED) is 0.896. The highest BCUT2D eigenvalue weighted by molar-refractivity contribution is 5.72. The monoisotopic (exact) mass is 261 g/mol. The number of ether oxygens (including phenoxy) is 1. The predicted octanol–water partition coefficient (Wildman–Crippen LogP) is 3.35. The van der Waals surface area contributed by atoms with Gasteiger partial charge in [-0.15, -0.1) is 0 Å². The van der Waals surface area contributed by atoms with E-state index in [0.717, 1.165) is 16.9 Å². The smallest absolute Gasteiger partial charge is 0.127 e. The third kappa shape index (κ3) is 2.63. The summed E-state index contributed by atoms with van der Waals surface area (Å²) in [5, 5.41) is 3.39. The van der Waals surface area contributed by atoms with Gasteiger partial charge in [-0.1, -0.05) is 0 Å². The molecule has 0 atom stereocenters. The molecule has 0 amide bonds. The Balaban J connectivity index is 1.92. The highest BCUT2D eigenvalue weighted by Crippen LogP contribution is 2.34. The average molecular weight is 261 g/mol. The maximum Gasteiger partial charge on any atom is 0.127 e. The summed E-state index contributed by atoms with van der Waals surface area (Å²) in [6, 6.07) is 6.96. The normalized spacial score (nSPS) is 14.6. The van der Waals surface area contributed by atoms with Gasteiger partial charge < -0.3 is 14.5 Å². The van der Waals surface area contributed by atoms with Gasteiger partial charge in [0.15, 0.2) is 0 Å². The molecule has 100 valence electrons. The molecule has 0 aliphatic heterocycles. The molecule has 1 saturated carbocycles. The molecule has 0 unspecified atom stereocenters. The second-order valence-electron chi connectivity index (χ2n) is 4.76. The van der Waals surface area contributed by atoms with Crippen molar-refractivity contribution < 1.29 is 13.5 Å². The van der Waals surface area contributed by atoms with Crippen LogP contribution >= 0.6 is 0 Å². The lowest BCUT2D eigenvalue weighted by atomic mass is 10.0. The van der Waals surface area contributed by atoms with Crippen molar-refractivity contribution >= 4 is 0 Å². The number of hydrogen-bond acceptors (Lipinski definition) is 3. The van der Waals surface area contributed by atoms with E-state index in [4.69, 9.17) is 9.15 Å². The molecule has 4 heteroatoms. The molecule has 0 saturated heterocycles. The topological polar surface area (TPSA) is 34.4 Å². The molecule has 1 fully saturated rings. The fourth-order valence-corrected chi connectivity index (χ4v) is 2.13. The van der Waals surface area contributed by atoms with E-state index in [0.29, 0.717) is 18.3 Å². The van der Waals surface area contributed by atoms with E-state index in [-0.39, 0.29) is 5.82 Å². The summed E-state index contributed by atoms with van der Waals surface area (Å²) in [5.41, 5.74) is 1.60. The van der Waals surface area contributed by atoms with Crippen molar-refractivity contribution in [1.82, 2.24) is 5.32 Å². The molecule has 2 aromatic rings. The molecule has 0 bridgehead atoms. The van der Waals surface area contributed by atoms with Gasteiger partial charge in [0, 0.05) is 17.2 Å². The first kappa shape index (κ1) is 12.2. The molecule has 3 nitrogen and oxygen atoms in total. The van der Waals surface area contributed by atoms with Gasteiger partial charge >= 0.3 is 0 Å². The number of hydrogen-bond donors (Lipinski definition) is 1. The van der Waals surface area contributed by atoms with Crippen molar-refractivity contribution in [2.24, 2.45) is 0 Å². The van der Waals surface area contributed by atoms with Crippen LogP contribution in [0.4, 0.5) is 4.39 Å². The lowest BCUT2D eigenvalue weighted by molar-refractivity contribution is 0.415. The molecular weight excluding hydrogens is 245 g/mol. The molecule has 1 aliphatic rings. The Kier molecular flexibility index (Phi) is 3.25. The number of furan rings is 1. The van der Waals surface area contributed by atoms with Gasteiger partial charge in [0.25, 0.3) is 0 Å². The van der Waals surface area contributed by atoms with Crippen LogP contribution in [0, 0.1) is 5.82 Å². The Morgan fingerprint density at radius 3 is 2.89 bits per heavy atom. The maximum atomic E-state index is 13.4. The third-order valence-electron chi connectivity index (χ3n) is 3.33. The second-order valence-corrected chi connectivity index (χ2v) is 4.76. The number of halogens is 1. The van der Waals surface area contributed by atoms with Crippen LogP contribution in [0.3, 0.4) is 0 Å². The summed E-state index contributed by atoms with van der Waals surface area (Å²) >= 11 is 0. The zero-order chi connectivity index (χ0) is 13.2. The molecule has 1 aromatic carbocycles. The van der Waals surface area contributed by atoms with Gasteiger partial charge in [0.05, 0.1) is 19.9 Å². The van der Waals surface area contributed by atoms with Gasteiger partial charge in [0.2, 0.25) is 0 Å². The van der Waals surface area contributed by atoms with Gasteiger partial charge in [-0.05, 0) is 37.1 Å². The first-order valence-corrected chi connectivity index (χ1v) is 6.41. The molecule has 1 aromatic heterocycles. The minimum absolute atomic E-state index is 0.280. The van der Waals surface area contributed by atoms with E-state index in [1.807, 2.05) is 6.07 Å². The summed E-state index contributed by atoms with van der Waals surface area (Å²) in [6.45, 7) is 0.659. The second kappa shape index (κ2) is 5.05. The van der Waals surface area contributed by atoms with Crippen LogP contribution in [0.25, 0.3) is 11.1 Å². The lowest BCUT2D eigenvalue weighted by Gasteiger charge is -2.09. The van der Waals surface area contributed by atoms with E-state index in [1.54, 1.807) is 19.4 Å². The SMILES string of the molecule is COc1ccc(F)cc1-c1ccoc1CNC1CC1. The van der Waals surface area contributed by atoms with E-state index in [9.17, 15) is 4.39 Å². The Morgan fingerprint density at radius 2 is 2.16 bits per heavy atom. The Morgan fingerprint density at radius 1 is 1.32 bits per heavy atom. The largest absolute Gasteiger partial charge is 0.496 e. The van der Waals surface area contributed by atoms with Crippen LogP contribution in [-0.2, 0) is 6.54 Å². The third-order valence-corrected chi connectivity index (χ3v) is 3.33.